The first-order valence-electron chi connectivity index (χ1n) is 6.58. The highest BCUT2D eigenvalue weighted by molar-refractivity contribution is 5.95. The Morgan fingerprint density at radius 3 is 2.71 bits per heavy atom. The number of hydrogen-bond donors (Lipinski definition) is 3. The zero-order chi connectivity index (χ0) is 15.2. The van der Waals surface area contributed by atoms with Gasteiger partial charge in [-0.1, -0.05) is 18.2 Å². The molecule has 112 valence electrons. The fourth-order valence-electron chi connectivity index (χ4n) is 2.03. The molecule has 2 rings (SSSR count). The minimum absolute atomic E-state index is 0.165. The number of rotatable bonds is 5. The Balaban J connectivity index is 1.69. The van der Waals surface area contributed by atoms with Crippen LogP contribution in [0.3, 0.4) is 0 Å². The molecule has 0 aliphatic carbocycles. The third-order valence-electron chi connectivity index (χ3n) is 3.02. The number of fused-ring (bicyclic) bond motifs is 1. The number of aliphatic carboxylic acids is 1. The van der Waals surface area contributed by atoms with E-state index in [1.165, 1.54) is 0 Å². The number of carbonyl (C=O) groups is 3. The largest absolute Gasteiger partial charge is 0.488 e. The number of nitrogens with one attached hydrogen (secondary N) is 2. The summed E-state index contributed by atoms with van der Waals surface area (Å²) in [6.45, 7) is 0.271. The monoisotopic (exact) mass is 292 g/mol. The molecule has 21 heavy (non-hydrogen) atoms. The van der Waals surface area contributed by atoms with Gasteiger partial charge in [0, 0.05) is 12.8 Å². The molecule has 0 radical (unpaired) electrons. The number of urea groups is 1. The molecule has 1 aromatic rings. The van der Waals surface area contributed by atoms with Crippen LogP contribution >= 0.6 is 0 Å². The van der Waals surface area contributed by atoms with Crippen LogP contribution in [0.4, 0.5) is 4.79 Å². The lowest BCUT2D eigenvalue weighted by Crippen LogP contribution is -2.43. The van der Waals surface area contributed by atoms with Gasteiger partial charge in [-0.05, 0) is 11.6 Å². The second-order valence-electron chi connectivity index (χ2n) is 4.70. The predicted molar refractivity (Wildman–Crippen MR) is 73.0 cm³/mol. The number of hydrogen-bond acceptors (Lipinski definition) is 4. The summed E-state index contributed by atoms with van der Waals surface area (Å²) in [5, 5.41) is 13.0. The SMILES string of the molecule is O=C(O)CCC(=O)NC(=O)NCC1Cc2ccccc2O1. The molecule has 7 nitrogen and oxygen atoms in total. The van der Waals surface area contributed by atoms with Crippen LogP contribution in [-0.4, -0.2) is 35.7 Å². The quantitative estimate of drug-likeness (QED) is 0.740. The van der Waals surface area contributed by atoms with E-state index in [-0.39, 0.29) is 25.5 Å². The van der Waals surface area contributed by atoms with Crippen molar-refractivity contribution < 1.29 is 24.2 Å². The van der Waals surface area contributed by atoms with Crippen LogP contribution < -0.4 is 15.4 Å². The Labute approximate surface area is 121 Å². The maximum Gasteiger partial charge on any atom is 0.321 e. The maximum atomic E-state index is 11.5. The van der Waals surface area contributed by atoms with Gasteiger partial charge in [-0.3, -0.25) is 14.9 Å². The molecule has 1 aromatic carbocycles. The summed E-state index contributed by atoms with van der Waals surface area (Å²) in [7, 11) is 0. The first-order valence-corrected chi connectivity index (χ1v) is 6.58. The molecule has 0 spiro atoms. The lowest BCUT2D eigenvalue weighted by molar-refractivity contribution is -0.138. The van der Waals surface area contributed by atoms with Crippen molar-refractivity contribution in [1.29, 1.82) is 0 Å². The first kappa shape index (κ1) is 14.8. The summed E-state index contributed by atoms with van der Waals surface area (Å²) >= 11 is 0. The molecule has 1 atom stereocenters. The van der Waals surface area contributed by atoms with Crippen LogP contribution in [0.5, 0.6) is 5.75 Å². The topological polar surface area (TPSA) is 105 Å². The van der Waals surface area contributed by atoms with Gasteiger partial charge in [0.15, 0.2) is 0 Å². The van der Waals surface area contributed by atoms with Gasteiger partial charge in [0.2, 0.25) is 5.91 Å². The molecule has 1 heterocycles. The van der Waals surface area contributed by atoms with Crippen molar-refractivity contribution in [3.05, 3.63) is 29.8 Å². The molecule has 3 amide bonds. The minimum atomic E-state index is -1.08. The van der Waals surface area contributed by atoms with E-state index in [1.54, 1.807) is 0 Å². The van der Waals surface area contributed by atoms with Crippen LogP contribution in [0.25, 0.3) is 0 Å². The fourth-order valence-corrected chi connectivity index (χ4v) is 2.03. The van der Waals surface area contributed by atoms with E-state index >= 15 is 0 Å². The van der Waals surface area contributed by atoms with E-state index < -0.39 is 17.9 Å². The molecule has 3 N–H and O–H groups in total. The highest BCUT2D eigenvalue weighted by Crippen LogP contribution is 2.27. The number of benzene rings is 1. The highest BCUT2D eigenvalue weighted by Gasteiger charge is 2.22. The summed E-state index contributed by atoms with van der Waals surface area (Å²) in [4.78, 5) is 33.0. The van der Waals surface area contributed by atoms with Gasteiger partial charge in [0.25, 0.3) is 0 Å². The highest BCUT2D eigenvalue weighted by atomic mass is 16.5. The average Bonchev–Trinajstić information content (AvgIpc) is 2.86. The smallest absolute Gasteiger partial charge is 0.321 e. The maximum absolute atomic E-state index is 11.5. The number of carboxylic acid groups (broad SMARTS) is 1. The summed E-state index contributed by atoms with van der Waals surface area (Å²) in [5.74, 6) is -0.893. The second kappa shape index (κ2) is 6.74. The van der Waals surface area contributed by atoms with E-state index in [9.17, 15) is 14.4 Å². The van der Waals surface area contributed by atoms with E-state index in [1.807, 2.05) is 24.3 Å². The minimum Gasteiger partial charge on any atom is -0.488 e. The number of amides is 3. The normalized spacial score (nSPS) is 15.7. The van der Waals surface area contributed by atoms with Gasteiger partial charge in [0.1, 0.15) is 11.9 Å². The lowest BCUT2D eigenvalue weighted by atomic mass is 10.1. The van der Waals surface area contributed by atoms with Gasteiger partial charge >= 0.3 is 12.0 Å². The number of imide groups is 1. The molecule has 0 bridgehead atoms. The van der Waals surface area contributed by atoms with Gasteiger partial charge in [0.05, 0.1) is 13.0 Å². The Bertz CT molecular complexity index is 533. The second-order valence-corrected chi connectivity index (χ2v) is 4.70. The van der Waals surface area contributed by atoms with Gasteiger partial charge < -0.3 is 15.2 Å². The van der Waals surface area contributed by atoms with Gasteiger partial charge in [-0.15, -0.1) is 0 Å². The Morgan fingerprint density at radius 2 is 2.00 bits per heavy atom. The van der Waals surface area contributed by atoms with Gasteiger partial charge in [-0.2, -0.15) is 0 Å². The zero-order valence-corrected chi connectivity index (χ0v) is 11.3. The molecule has 0 fully saturated rings. The predicted octanol–water partition coefficient (Wildman–Crippen LogP) is 0.681. The summed E-state index contributed by atoms with van der Waals surface area (Å²) in [5.41, 5.74) is 1.09. The molecule has 0 saturated heterocycles. The van der Waals surface area contributed by atoms with Crippen LogP contribution in [0.15, 0.2) is 24.3 Å². The van der Waals surface area contributed by atoms with Crippen molar-refractivity contribution in [2.75, 3.05) is 6.54 Å². The lowest BCUT2D eigenvalue weighted by Gasteiger charge is -2.12. The van der Waals surface area contributed by atoms with Crippen molar-refractivity contribution in [1.82, 2.24) is 10.6 Å². The molecule has 1 aliphatic heterocycles. The van der Waals surface area contributed by atoms with Crippen molar-refractivity contribution in [2.45, 2.75) is 25.4 Å². The summed E-state index contributed by atoms with van der Waals surface area (Å²) < 4.78 is 5.64. The van der Waals surface area contributed by atoms with Gasteiger partial charge in [-0.25, -0.2) is 4.79 Å². The van der Waals surface area contributed by atoms with Crippen molar-refractivity contribution in [3.63, 3.8) is 0 Å². The third-order valence-corrected chi connectivity index (χ3v) is 3.02. The molecule has 7 heteroatoms. The summed E-state index contributed by atoms with van der Waals surface area (Å²) in [6.07, 6.45) is -0.000182. The van der Waals surface area contributed by atoms with E-state index in [2.05, 4.69) is 10.6 Å². The number of para-hydroxylation sites is 1. The molecule has 0 aromatic heterocycles. The van der Waals surface area contributed by atoms with Crippen LogP contribution in [-0.2, 0) is 16.0 Å². The Morgan fingerprint density at radius 1 is 1.24 bits per heavy atom. The van der Waals surface area contributed by atoms with E-state index in [4.69, 9.17) is 9.84 Å². The van der Waals surface area contributed by atoms with Crippen LogP contribution in [0, 0.1) is 0 Å². The number of ether oxygens (including phenoxy) is 1. The van der Waals surface area contributed by atoms with Crippen molar-refractivity contribution in [2.24, 2.45) is 0 Å². The van der Waals surface area contributed by atoms with E-state index in [0.717, 1.165) is 11.3 Å². The standard InChI is InChI=1S/C14H16N2O5/c17-12(5-6-13(18)19)16-14(20)15-8-10-7-9-3-1-2-4-11(9)21-10/h1-4,10H,5-8H2,(H,18,19)(H2,15,16,17,20). The molecule has 1 aliphatic rings. The average molecular weight is 292 g/mol. The molecule has 0 saturated carbocycles. The first-order chi connectivity index (χ1) is 10.0. The Hall–Kier alpha value is -2.57. The Kier molecular flexibility index (Phi) is 4.76. The fraction of sp³-hybridized carbons (Fsp3) is 0.357. The van der Waals surface area contributed by atoms with Crippen LogP contribution in [0.1, 0.15) is 18.4 Å². The van der Waals surface area contributed by atoms with E-state index in [0.29, 0.717) is 6.42 Å². The summed E-state index contributed by atoms with van der Waals surface area (Å²) in [6, 6.07) is 6.98. The van der Waals surface area contributed by atoms with Crippen LogP contribution in [0.2, 0.25) is 0 Å². The third kappa shape index (κ3) is 4.48. The number of carbonyl (C=O) groups excluding carboxylic acids is 2. The zero-order valence-electron chi connectivity index (χ0n) is 11.3. The molecule has 1 unspecified atom stereocenters. The van der Waals surface area contributed by atoms with Crippen molar-refractivity contribution >= 4 is 17.9 Å². The molecular weight excluding hydrogens is 276 g/mol. The number of carboxylic acids is 1. The molecular formula is C14H16N2O5. The van der Waals surface area contributed by atoms with Crippen molar-refractivity contribution in [3.8, 4) is 5.75 Å².